The van der Waals surface area contributed by atoms with Crippen LogP contribution in [0.1, 0.15) is 38.7 Å². The van der Waals surface area contributed by atoms with E-state index in [0.29, 0.717) is 35.6 Å². The fourth-order valence-corrected chi connectivity index (χ4v) is 5.15. The second kappa shape index (κ2) is 11.1. The summed E-state index contributed by atoms with van der Waals surface area (Å²) in [6.07, 6.45) is 0.514. The first-order valence-electron chi connectivity index (χ1n) is 11.6. The van der Waals surface area contributed by atoms with Crippen molar-refractivity contribution in [2.75, 3.05) is 44.2 Å². The number of nitrogens with zero attached hydrogens (tertiary/aromatic N) is 1. The third-order valence-electron chi connectivity index (χ3n) is 6.37. The van der Waals surface area contributed by atoms with Gasteiger partial charge in [-0.2, -0.15) is 11.8 Å². The molecule has 0 fully saturated rings. The van der Waals surface area contributed by atoms with Crippen molar-refractivity contribution in [2.24, 2.45) is 11.8 Å². The fraction of sp³-hybridized carbons (Fsp3) is 0.500. The molecule has 0 saturated carbocycles. The normalized spacial score (nSPS) is 22.2. The molecular formula is C26H34N2O5S. The number of carbonyl (C=O) groups excluding carboxylic acids is 3. The number of methoxy groups -OCH3 is 1. The molecule has 1 aromatic carbocycles. The number of carbonyl (C=O) groups is 3. The number of esters is 2. The van der Waals surface area contributed by atoms with Gasteiger partial charge in [0.2, 0.25) is 0 Å². The molecule has 1 aliphatic heterocycles. The maximum atomic E-state index is 13.7. The van der Waals surface area contributed by atoms with Crippen LogP contribution in [0.15, 0.2) is 46.8 Å². The number of ether oxygens (including phenoxy) is 2. The van der Waals surface area contributed by atoms with Gasteiger partial charge < -0.3 is 19.7 Å². The van der Waals surface area contributed by atoms with Crippen LogP contribution in [0.4, 0.5) is 5.69 Å². The number of benzene rings is 1. The van der Waals surface area contributed by atoms with Gasteiger partial charge in [0.1, 0.15) is 12.5 Å². The number of rotatable bonds is 8. The van der Waals surface area contributed by atoms with Gasteiger partial charge in [0, 0.05) is 48.4 Å². The molecule has 8 heteroatoms. The first-order valence-corrected chi connectivity index (χ1v) is 12.7. The van der Waals surface area contributed by atoms with Gasteiger partial charge in [0.25, 0.3) is 0 Å². The highest BCUT2D eigenvalue weighted by atomic mass is 32.2. The molecule has 0 aromatic heterocycles. The number of nitrogens with one attached hydrogen (secondary N) is 1. The number of hydrogen-bond donors (Lipinski definition) is 1. The second-order valence-corrected chi connectivity index (χ2v) is 10.2. The van der Waals surface area contributed by atoms with E-state index in [1.807, 2.05) is 57.1 Å². The van der Waals surface area contributed by atoms with Crippen LogP contribution in [0.3, 0.4) is 0 Å². The Balaban J connectivity index is 2.08. The zero-order valence-corrected chi connectivity index (χ0v) is 21.6. The van der Waals surface area contributed by atoms with Crippen LogP contribution < -0.4 is 10.2 Å². The van der Waals surface area contributed by atoms with E-state index in [1.165, 1.54) is 7.11 Å². The van der Waals surface area contributed by atoms with E-state index in [9.17, 15) is 14.4 Å². The third kappa shape index (κ3) is 5.17. The predicted molar refractivity (Wildman–Crippen MR) is 135 cm³/mol. The van der Waals surface area contributed by atoms with Gasteiger partial charge in [-0.1, -0.05) is 26.0 Å². The van der Waals surface area contributed by atoms with Crippen LogP contribution in [0.5, 0.6) is 0 Å². The molecule has 0 bridgehead atoms. The number of anilines is 1. The Kier molecular flexibility index (Phi) is 8.47. The average molecular weight is 487 g/mol. The zero-order chi connectivity index (χ0) is 25.0. The van der Waals surface area contributed by atoms with Crippen LogP contribution >= 0.6 is 11.8 Å². The average Bonchev–Trinajstić information content (AvgIpc) is 2.80. The lowest BCUT2D eigenvalue weighted by molar-refractivity contribution is -0.151. The van der Waals surface area contributed by atoms with Crippen molar-refractivity contribution in [3.63, 3.8) is 0 Å². The summed E-state index contributed by atoms with van der Waals surface area (Å²) >= 11 is 1.70. The number of thioether (sulfide) groups is 1. The quantitative estimate of drug-likeness (QED) is 0.339. The molecule has 1 aliphatic carbocycles. The van der Waals surface area contributed by atoms with Crippen molar-refractivity contribution in [2.45, 2.75) is 33.1 Å². The highest BCUT2D eigenvalue weighted by Crippen LogP contribution is 2.45. The molecule has 2 aliphatic rings. The van der Waals surface area contributed by atoms with Gasteiger partial charge >= 0.3 is 11.9 Å². The number of Topliss-reactive ketones (excluding diaryl/α,β-unsaturated/α-hetero) is 1. The Labute approximate surface area is 205 Å². The highest BCUT2D eigenvalue weighted by Gasteiger charge is 2.47. The molecular weight excluding hydrogens is 452 g/mol. The molecule has 0 saturated heterocycles. The Morgan fingerprint density at radius 1 is 1.21 bits per heavy atom. The minimum absolute atomic E-state index is 0.213. The van der Waals surface area contributed by atoms with Gasteiger partial charge in [-0.3, -0.25) is 9.59 Å². The van der Waals surface area contributed by atoms with Gasteiger partial charge in [0.15, 0.2) is 5.78 Å². The lowest BCUT2D eigenvalue weighted by Crippen LogP contribution is -2.43. The molecule has 0 radical (unpaired) electrons. The van der Waals surface area contributed by atoms with Crippen LogP contribution in [0.2, 0.25) is 0 Å². The molecule has 0 unspecified atom stereocenters. The number of hydrogen-bond acceptors (Lipinski definition) is 8. The Morgan fingerprint density at radius 3 is 2.47 bits per heavy atom. The summed E-state index contributed by atoms with van der Waals surface area (Å²) < 4.78 is 10.6. The minimum Gasteiger partial charge on any atom is -0.468 e. The molecule has 0 amide bonds. The Bertz CT molecular complexity index is 1010. The van der Waals surface area contributed by atoms with Crippen molar-refractivity contribution in [1.29, 1.82) is 0 Å². The monoisotopic (exact) mass is 486 g/mol. The Morgan fingerprint density at radius 2 is 1.88 bits per heavy atom. The van der Waals surface area contributed by atoms with Gasteiger partial charge in [-0.25, -0.2) is 4.79 Å². The molecule has 34 heavy (non-hydrogen) atoms. The predicted octanol–water partition coefficient (Wildman–Crippen LogP) is 3.66. The van der Waals surface area contributed by atoms with Crippen molar-refractivity contribution in [1.82, 2.24) is 5.32 Å². The summed E-state index contributed by atoms with van der Waals surface area (Å²) in [5.41, 5.74) is 4.10. The second-order valence-electron chi connectivity index (χ2n) is 8.85. The fourth-order valence-electron chi connectivity index (χ4n) is 4.66. The maximum absolute atomic E-state index is 13.7. The molecule has 0 spiro atoms. The maximum Gasteiger partial charge on any atom is 0.336 e. The summed E-state index contributed by atoms with van der Waals surface area (Å²) in [4.78, 5) is 41.5. The van der Waals surface area contributed by atoms with Crippen molar-refractivity contribution >= 4 is 35.2 Å². The highest BCUT2D eigenvalue weighted by molar-refractivity contribution is 7.99. The summed E-state index contributed by atoms with van der Waals surface area (Å²) in [5.74, 6) is -1.37. The third-order valence-corrected chi connectivity index (χ3v) is 7.23. The van der Waals surface area contributed by atoms with Crippen LogP contribution in [0.25, 0.3) is 0 Å². The van der Waals surface area contributed by atoms with Crippen LogP contribution in [-0.4, -0.2) is 57.0 Å². The van der Waals surface area contributed by atoms with E-state index in [-0.39, 0.29) is 11.7 Å². The lowest BCUT2D eigenvalue weighted by Gasteiger charge is -2.38. The molecule has 1 N–H and O–H groups in total. The first kappa shape index (κ1) is 25.9. The van der Waals surface area contributed by atoms with Gasteiger partial charge in [-0.05, 0) is 42.7 Å². The SMILES string of the molecule is CCSCCOC(=O)C1=C(C)NC2=C(C(=O)[C@@H](C(=O)OC)[C@@H](C)C2)[C@@H]1c1ccc(N(C)C)cc1. The molecule has 1 aromatic rings. The lowest BCUT2D eigenvalue weighted by atomic mass is 9.69. The minimum atomic E-state index is -0.897. The summed E-state index contributed by atoms with van der Waals surface area (Å²) in [5, 5.41) is 3.29. The van der Waals surface area contributed by atoms with E-state index in [2.05, 4.69) is 12.2 Å². The standard InChI is InChI=1S/C26H34N2O5S/c1-7-34-13-12-33-26(31)21-16(3)27-19-14-15(2)20(25(30)32-6)24(29)23(19)22(21)17-8-10-18(11-9-17)28(4)5/h8-11,15,20,22,27H,7,12-14H2,1-6H3/t15-,20-,22+/m0/s1. The summed E-state index contributed by atoms with van der Waals surface area (Å²) in [6.45, 7) is 6.06. The first-order chi connectivity index (χ1) is 16.2. The largest absolute Gasteiger partial charge is 0.468 e. The van der Waals surface area contributed by atoms with E-state index < -0.39 is 23.8 Å². The molecule has 3 atom stereocenters. The molecule has 1 heterocycles. The smallest absolute Gasteiger partial charge is 0.336 e. The number of ketones is 1. The van der Waals surface area contributed by atoms with E-state index in [4.69, 9.17) is 9.47 Å². The number of dihydropyridines is 1. The van der Waals surface area contributed by atoms with Gasteiger partial charge in [-0.15, -0.1) is 0 Å². The van der Waals surface area contributed by atoms with Crippen LogP contribution in [-0.2, 0) is 23.9 Å². The number of allylic oxidation sites excluding steroid dienone is 3. The van der Waals surface area contributed by atoms with E-state index >= 15 is 0 Å². The summed E-state index contributed by atoms with van der Waals surface area (Å²) in [7, 11) is 5.20. The van der Waals surface area contributed by atoms with Crippen molar-refractivity contribution in [3.05, 3.63) is 52.4 Å². The van der Waals surface area contributed by atoms with E-state index in [0.717, 1.165) is 22.7 Å². The van der Waals surface area contributed by atoms with Crippen LogP contribution in [0, 0.1) is 11.8 Å². The van der Waals surface area contributed by atoms with Crippen molar-refractivity contribution in [3.8, 4) is 0 Å². The summed E-state index contributed by atoms with van der Waals surface area (Å²) in [6, 6.07) is 7.78. The molecule has 3 rings (SSSR count). The molecule has 184 valence electrons. The Hall–Kier alpha value is -2.74. The zero-order valence-electron chi connectivity index (χ0n) is 20.8. The van der Waals surface area contributed by atoms with E-state index in [1.54, 1.807) is 11.8 Å². The molecule has 7 nitrogen and oxygen atoms in total. The van der Waals surface area contributed by atoms with Gasteiger partial charge in [0.05, 0.1) is 12.7 Å². The van der Waals surface area contributed by atoms with Crippen molar-refractivity contribution < 1.29 is 23.9 Å². The topological polar surface area (TPSA) is 84.9 Å².